The fraction of sp³-hybridized carbons (Fsp3) is 0.600. The van der Waals surface area contributed by atoms with Gasteiger partial charge < -0.3 is 15.0 Å². The van der Waals surface area contributed by atoms with Gasteiger partial charge >= 0.3 is 0 Å². The van der Waals surface area contributed by atoms with Gasteiger partial charge in [-0.3, -0.25) is 0 Å². The van der Waals surface area contributed by atoms with E-state index in [1.54, 1.807) is 25.3 Å². The monoisotopic (exact) mass is 399 g/mol. The number of benzene rings is 1. The number of piperazine rings is 1. The number of ether oxygens (including phenoxy) is 1. The van der Waals surface area contributed by atoms with Gasteiger partial charge in [-0.1, -0.05) is 12.1 Å². The minimum absolute atomic E-state index is 0. The number of hydrogen-bond acceptors (Lipinski definition) is 5. The summed E-state index contributed by atoms with van der Waals surface area (Å²) in [5.74, 6) is 0. The summed E-state index contributed by atoms with van der Waals surface area (Å²) in [7, 11) is -1.85. The summed E-state index contributed by atoms with van der Waals surface area (Å²) in [5.41, 5.74) is 0.853. The molecule has 1 aromatic carbocycles. The molecule has 140 valence electrons. The molecule has 1 aromatic rings. The van der Waals surface area contributed by atoms with E-state index in [-0.39, 0.29) is 24.8 Å². The minimum atomic E-state index is -3.44. The van der Waals surface area contributed by atoms with E-state index in [2.05, 4.69) is 14.9 Å². The van der Waals surface area contributed by atoms with Crippen molar-refractivity contribution in [2.75, 3.05) is 46.4 Å². The van der Waals surface area contributed by atoms with Crippen LogP contribution in [0, 0.1) is 0 Å². The topological polar surface area (TPSA) is 70.7 Å². The molecule has 0 atom stereocenters. The van der Waals surface area contributed by atoms with Crippen molar-refractivity contribution in [3.8, 4) is 0 Å². The van der Waals surface area contributed by atoms with Gasteiger partial charge in [0.15, 0.2) is 0 Å². The van der Waals surface area contributed by atoms with Gasteiger partial charge in [0, 0.05) is 39.8 Å². The minimum Gasteiger partial charge on any atom is -0.380 e. The quantitative estimate of drug-likeness (QED) is 0.643. The third-order valence-corrected chi connectivity index (χ3v) is 5.13. The fourth-order valence-corrected chi connectivity index (χ4v) is 3.64. The van der Waals surface area contributed by atoms with E-state index < -0.39 is 10.0 Å². The predicted molar refractivity (Wildman–Crippen MR) is 101 cm³/mol. The number of sulfonamides is 1. The molecule has 0 aliphatic carbocycles. The van der Waals surface area contributed by atoms with Gasteiger partial charge in [-0.25, -0.2) is 13.1 Å². The zero-order chi connectivity index (χ0) is 15.8. The molecule has 0 unspecified atom stereocenters. The SMILES string of the molecule is COCc1cccc(S(=O)(=O)NCCCN2CCNCC2)c1.Cl.Cl. The second-order valence-electron chi connectivity index (χ2n) is 5.42. The molecule has 0 aromatic heterocycles. The first-order valence-corrected chi connectivity index (χ1v) is 9.11. The second kappa shape index (κ2) is 12.0. The number of halogens is 2. The smallest absolute Gasteiger partial charge is 0.240 e. The van der Waals surface area contributed by atoms with Gasteiger partial charge in [-0.15, -0.1) is 24.8 Å². The van der Waals surface area contributed by atoms with Gasteiger partial charge in [-0.05, 0) is 30.7 Å². The van der Waals surface area contributed by atoms with Crippen LogP contribution in [0.5, 0.6) is 0 Å². The van der Waals surface area contributed by atoms with Crippen LogP contribution >= 0.6 is 24.8 Å². The number of methoxy groups -OCH3 is 1. The van der Waals surface area contributed by atoms with Gasteiger partial charge in [0.25, 0.3) is 0 Å². The van der Waals surface area contributed by atoms with Crippen LogP contribution in [0.1, 0.15) is 12.0 Å². The van der Waals surface area contributed by atoms with Crippen molar-refractivity contribution < 1.29 is 13.2 Å². The Labute approximate surface area is 157 Å². The maximum Gasteiger partial charge on any atom is 0.240 e. The lowest BCUT2D eigenvalue weighted by atomic mass is 10.2. The molecule has 1 fully saturated rings. The maximum atomic E-state index is 12.3. The number of rotatable bonds is 8. The van der Waals surface area contributed by atoms with Gasteiger partial charge in [0.1, 0.15) is 0 Å². The summed E-state index contributed by atoms with van der Waals surface area (Å²) in [6.45, 7) is 5.88. The highest BCUT2D eigenvalue weighted by molar-refractivity contribution is 7.89. The van der Waals surface area contributed by atoms with E-state index >= 15 is 0 Å². The first-order chi connectivity index (χ1) is 10.6. The molecule has 1 aliphatic heterocycles. The Morgan fingerprint density at radius 3 is 2.62 bits per heavy atom. The fourth-order valence-electron chi connectivity index (χ4n) is 2.50. The first-order valence-electron chi connectivity index (χ1n) is 7.62. The summed E-state index contributed by atoms with van der Waals surface area (Å²) < 4.78 is 32.2. The molecule has 2 N–H and O–H groups in total. The van der Waals surface area contributed by atoms with E-state index in [0.29, 0.717) is 18.0 Å². The lowest BCUT2D eigenvalue weighted by molar-refractivity contribution is 0.184. The Kier molecular flexibility index (Phi) is 11.8. The summed E-state index contributed by atoms with van der Waals surface area (Å²) >= 11 is 0. The summed E-state index contributed by atoms with van der Waals surface area (Å²) in [6, 6.07) is 6.86. The summed E-state index contributed by atoms with van der Waals surface area (Å²) in [6.07, 6.45) is 0.816. The molecule has 1 aliphatic rings. The van der Waals surface area contributed by atoms with Crippen LogP contribution in [0.25, 0.3) is 0 Å². The molecule has 9 heteroatoms. The molecule has 0 bridgehead atoms. The normalized spacial score (nSPS) is 15.4. The molecule has 0 radical (unpaired) electrons. The number of nitrogens with zero attached hydrogens (tertiary/aromatic N) is 1. The Hall–Kier alpha value is -0.410. The average Bonchev–Trinajstić information content (AvgIpc) is 2.53. The van der Waals surface area contributed by atoms with E-state index in [1.807, 2.05) is 6.07 Å². The van der Waals surface area contributed by atoms with Crippen LogP contribution in [0.3, 0.4) is 0 Å². The van der Waals surface area contributed by atoms with Crippen LogP contribution in [0.4, 0.5) is 0 Å². The molecular weight excluding hydrogens is 373 g/mol. The molecule has 0 amide bonds. The average molecular weight is 400 g/mol. The van der Waals surface area contributed by atoms with E-state index in [4.69, 9.17) is 4.74 Å². The summed E-state index contributed by atoms with van der Waals surface area (Å²) in [5, 5.41) is 3.30. The van der Waals surface area contributed by atoms with Crippen molar-refractivity contribution >= 4 is 34.8 Å². The zero-order valence-electron chi connectivity index (χ0n) is 13.9. The highest BCUT2D eigenvalue weighted by atomic mass is 35.5. The van der Waals surface area contributed by atoms with Crippen LogP contribution in [-0.4, -0.2) is 59.7 Å². The number of nitrogens with one attached hydrogen (secondary N) is 2. The standard InChI is InChI=1S/C15H25N3O3S.2ClH/c1-21-13-14-4-2-5-15(12-14)22(19,20)17-6-3-9-18-10-7-16-8-11-18;;/h2,4-5,12,16-17H,3,6-11,13H2,1H3;2*1H. The van der Waals surface area contributed by atoms with E-state index in [0.717, 1.165) is 44.7 Å². The van der Waals surface area contributed by atoms with Crippen molar-refractivity contribution in [1.82, 2.24) is 14.9 Å². The first kappa shape index (κ1) is 23.6. The van der Waals surface area contributed by atoms with Crippen LogP contribution in [-0.2, 0) is 21.4 Å². The highest BCUT2D eigenvalue weighted by Gasteiger charge is 2.14. The Morgan fingerprint density at radius 1 is 1.25 bits per heavy atom. The maximum absolute atomic E-state index is 12.3. The third-order valence-electron chi connectivity index (χ3n) is 3.67. The largest absolute Gasteiger partial charge is 0.380 e. The van der Waals surface area contributed by atoms with E-state index in [1.165, 1.54) is 0 Å². The number of hydrogen-bond donors (Lipinski definition) is 2. The van der Waals surface area contributed by atoms with Gasteiger partial charge in [-0.2, -0.15) is 0 Å². The van der Waals surface area contributed by atoms with Crippen molar-refractivity contribution in [1.29, 1.82) is 0 Å². The summed E-state index contributed by atoms with van der Waals surface area (Å²) in [4.78, 5) is 2.65. The van der Waals surface area contributed by atoms with Crippen LogP contribution < -0.4 is 10.0 Å². The molecule has 6 nitrogen and oxygen atoms in total. The molecule has 1 saturated heterocycles. The molecule has 0 spiro atoms. The molecular formula is C15H27Cl2N3O3S. The predicted octanol–water partition coefficient (Wildman–Crippen LogP) is 1.25. The Bertz CT molecular complexity index is 567. The van der Waals surface area contributed by atoms with Crippen LogP contribution in [0.15, 0.2) is 29.2 Å². The van der Waals surface area contributed by atoms with Crippen molar-refractivity contribution in [2.45, 2.75) is 17.9 Å². The molecule has 1 heterocycles. The zero-order valence-corrected chi connectivity index (χ0v) is 16.3. The third kappa shape index (κ3) is 7.65. The molecule has 24 heavy (non-hydrogen) atoms. The van der Waals surface area contributed by atoms with Crippen molar-refractivity contribution in [2.24, 2.45) is 0 Å². The Morgan fingerprint density at radius 2 is 1.96 bits per heavy atom. The molecule has 2 rings (SSSR count). The van der Waals surface area contributed by atoms with Crippen LogP contribution in [0.2, 0.25) is 0 Å². The van der Waals surface area contributed by atoms with E-state index in [9.17, 15) is 8.42 Å². The van der Waals surface area contributed by atoms with Gasteiger partial charge in [0.2, 0.25) is 10.0 Å². The lowest BCUT2D eigenvalue weighted by Crippen LogP contribution is -2.44. The van der Waals surface area contributed by atoms with Crippen molar-refractivity contribution in [3.63, 3.8) is 0 Å². The van der Waals surface area contributed by atoms with Gasteiger partial charge in [0.05, 0.1) is 11.5 Å². The lowest BCUT2D eigenvalue weighted by Gasteiger charge is -2.27. The second-order valence-corrected chi connectivity index (χ2v) is 7.19. The highest BCUT2D eigenvalue weighted by Crippen LogP contribution is 2.12. The molecule has 0 saturated carbocycles. The van der Waals surface area contributed by atoms with Crippen molar-refractivity contribution in [3.05, 3.63) is 29.8 Å². The Balaban J connectivity index is 0.00000264.